The summed E-state index contributed by atoms with van der Waals surface area (Å²) in [6.07, 6.45) is 0.206. The van der Waals surface area contributed by atoms with Gasteiger partial charge in [-0.1, -0.05) is 13.8 Å². The molecule has 1 aromatic carbocycles. The number of carboxylic acids is 2. The first-order chi connectivity index (χ1) is 9.79. The van der Waals surface area contributed by atoms with Crippen LogP contribution in [-0.2, 0) is 4.79 Å². The van der Waals surface area contributed by atoms with Gasteiger partial charge in [-0.05, 0) is 18.2 Å². The van der Waals surface area contributed by atoms with E-state index in [1.807, 2.05) is 13.8 Å². The van der Waals surface area contributed by atoms with Gasteiger partial charge in [-0.15, -0.1) is 0 Å². The van der Waals surface area contributed by atoms with Gasteiger partial charge in [0.15, 0.2) is 0 Å². The minimum atomic E-state index is -1.25. The summed E-state index contributed by atoms with van der Waals surface area (Å²) in [4.78, 5) is 33.6. The number of carbonyl (C=O) groups is 3. The maximum absolute atomic E-state index is 11.7. The molecule has 0 aromatic heterocycles. The lowest BCUT2D eigenvalue weighted by Gasteiger charge is -2.09. The molecule has 7 nitrogen and oxygen atoms in total. The molecule has 21 heavy (non-hydrogen) atoms. The van der Waals surface area contributed by atoms with Gasteiger partial charge in [0.25, 0.3) is 0 Å². The normalized spacial score (nSPS) is 10.4. The van der Waals surface area contributed by atoms with Crippen LogP contribution in [-0.4, -0.2) is 40.6 Å². The average Bonchev–Trinajstić information content (AvgIpc) is 2.37. The predicted octanol–water partition coefficient (Wildman–Crippen LogP) is 1.41. The van der Waals surface area contributed by atoms with Crippen LogP contribution in [0.2, 0.25) is 0 Å². The Kier molecular flexibility index (Phi) is 5.86. The highest BCUT2D eigenvalue weighted by Gasteiger charge is 2.12. The van der Waals surface area contributed by atoms with Crippen LogP contribution in [0.4, 0.5) is 5.69 Å². The van der Waals surface area contributed by atoms with E-state index in [1.54, 1.807) is 0 Å². The molecule has 1 amide bonds. The SMILES string of the molecule is CC(C)NCCC(=O)Nc1cc(C(=O)O)cc(C(=O)O)c1. The maximum Gasteiger partial charge on any atom is 0.335 e. The first-order valence-electron chi connectivity index (χ1n) is 6.44. The van der Waals surface area contributed by atoms with Crippen molar-refractivity contribution in [2.75, 3.05) is 11.9 Å². The lowest BCUT2D eigenvalue weighted by Crippen LogP contribution is -2.27. The third-order valence-electron chi connectivity index (χ3n) is 2.62. The molecule has 0 heterocycles. The molecule has 0 aliphatic rings. The van der Waals surface area contributed by atoms with Crippen LogP contribution in [0.5, 0.6) is 0 Å². The van der Waals surface area contributed by atoms with Crippen molar-refractivity contribution in [2.24, 2.45) is 0 Å². The zero-order valence-corrected chi connectivity index (χ0v) is 11.8. The largest absolute Gasteiger partial charge is 0.478 e. The molecule has 4 N–H and O–H groups in total. The minimum absolute atomic E-state index is 0.154. The lowest BCUT2D eigenvalue weighted by molar-refractivity contribution is -0.116. The molecule has 0 atom stereocenters. The molecule has 0 unspecified atom stereocenters. The summed E-state index contributed by atoms with van der Waals surface area (Å²) in [5.74, 6) is -2.83. The van der Waals surface area contributed by atoms with Crippen LogP contribution in [0, 0.1) is 0 Å². The maximum atomic E-state index is 11.7. The summed E-state index contributed by atoms with van der Waals surface area (Å²) < 4.78 is 0. The summed E-state index contributed by atoms with van der Waals surface area (Å²) in [6, 6.07) is 3.75. The number of aromatic carboxylic acids is 2. The minimum Gasteiger partial charge on any atom is -0.478 e. The van der Waals surface area contributed by atoms with Gasteiger partial charge < -0.3 is 20.8 Å². The van der Waals surface area contributed by atoms with Gasteiger partial charge in [0.2, 0.25) is 5.91 Å². The van der Waals surface area contributed by atoms with E-state index in [4.69, 9.17) is 10.2 Å². The number of hydrogen-bond acceptors (Lipinski definition) is 4. The summed E-state index contributed by atoms with van der Waals surface area (Å²) in [5.41, 5.74) is -0.224. The van der Waals surface area contributed by atoms with Gasteiger partial charge in [-0.3, -0.25) is 4.79 Å². The Morgan fingerprint density at radius 2 is 1.57 bits per heavy atom. The second kappa shape index (κ2) is 7.39. The van der Waals surface area contributed by atoms with E-state index in [0.717, 1.165) is 6.07 Å². The molecular formula is C14H18N2O5. The van der Waals surface area contributed by atoms with E-state index in [2.05, 4.69) is 10.6 Å². The molecule has 0 saturated heterocycles. The molecule has 114 valence electrons. The third-order valence-corrected chi connectivity index (χ3v) is 2.62. The van der Waals surface area contributed by atoms with Gasteiger partial charge in [0.05, 0.1) is 11.1 Å². The van der Waals surface area contributed by atoms with Gasteiger partial charge >= 0.3 is 11.9 Å². The van der Waals surface area contributed by atoms with Crippen LogP contribution >= 0.6 is 0 Å². The highest BCUT2D eigenvalue weighted by molar-refractivity contribution is 5.98. The van der Waals surface area contributed by atoms with Gasteiger partial charge in [0, 0.05) is 24.7 Å². The Bertz CT molecular complexity index is 522. The fraction of sp³-hybridized carbons (Fsp3) is 0.357. The summed E-state index contributed by atoms with van der Waals surface area (Å²) in [5, 5.41) is 23.4. The van der Waals surface area contributed by atoms with Crippen molar-refractivity contribution in [1.29, 1.82) is 0 Å². The highest BCUT2D eigenvalue weighted by Crippen LogP contribution is 2.15. The van der Waals surface area contributed by atoms with E-state index in [-0.39, 0.29) is 35.2 Å². The third kappa shape index (κ3) is 5.62. The highest BCUT2D eigenvalue weighted by atomic mass is 16.4. The quantitative estimate of drug-likeness (QED) is 0.604. The lowest BCUT2D eigenvalue weighted by atomic mass is 10.1. The molecule has 7 heteroatoms. The molecule has 0 aliphatic carbocycles. The van der Waals surface area contributed by atoms with E-state index >= 15 is 0 Å². The molecule has 0 fully saturated rings. The Labute approximate surface area is 122 Å². The van der Waals surface area contributed by atoms with E-state index < -0.39 is 11.9 Å². The Morgan fingerprint density at radius 3 is 2.00 bits per heavy atom. The average molecular weight is 294 g/mol. The number of nitrogens with one attached hydrogen (secondary N) is 2. The smallest absolute Gasteiger partial charge is 0.335 e. The zero-order chi connectivity index (χ0) is 16.0. The Balaban J connectivity index is 2.80. The number of benzene rings is 1. The molecule has 0 saturated carbocycles. The first-order valence-corrected chi connectivity index (χ1v) is 6.44. The standard InChI is InChI=1S/C14H18N2O5/c1-8(2)15-4-3-12(17)16-11-6-9(13(18)19)5-10(7-11)14(20)21/h5-8,15H,3-4H2,1-2H3,(H,16,17)(H,18,19)(H,20,21). The van der Waals surface area contributed by atoms with Crippen molar-refractivity contribution in [2.45, 2.75) is 26.3 Å². The summed E-state index contributed by atoms with van der Waals surface area (Å²) in [7, 11) is 0. The molecule has 1 aromatic rings. The van der Waals surface area contributed by atoms with Crippen molar-refractivity contribution in [3.05, 3.63) is 29.3 Å². The van der Waals surface area contributed by atoms with E-state index in [9.17, 15) is 14.4 Å². The molecule has 0 radical (unpaired) electrons. The van der Waals surface area contributed by atoms with E-state index in [0.29, 0.717) is 6.54 Å². The zero-order valence-electron chi connectivity index (χ0n) is 11.8. The second-order valence-electron chi connectivity index (χ2n) is 4.82. The van der Waals surface area contributed by atoms with Crippen LogP contribution < -0.4 is 10.6 Å². The van der Waals surface area contributed by atoms with Crippen molar-refractivity contribution >= 4 is 23.5 Å². The van der Waals surface area contributed by atoms with Crippen LogP contribution in [0.15, 0.2) is 18.2 Å². The van der Waals surface area contributed by atoms with Gasteiger partial charge in [-0.25, -0.2) is 9.59 Å². The Hall–Kier alpha value is -2.41. The van der Waals surface area contributed by atoms with Crippen LogP contribution in [0.25, 0.3) is 0 Å². The van der Waals surface area contributed by atoms with Gasteiger partial charge in [0.1, 0.15) is 0 Å². The molecule has 1 rings (SSSR count). The summed E-state index contributed by atoms with van der Waals surface area (Å²) >= 11 is 0. The molecule has 0 spiro atoms. The fourth-order valence-corrected chi connectivity index (χ4v) is 1.64. The van der Waals surface area contributed by atoms with Crippen molar-refractivity contribution < 1.29 is 24.6 Å². The predicted molar refractivity (Wildman–Crippen MR) is 76.7 cm³/mol. The number of anilines is 1. The van der Waals surface area contributed by atoms with Crippen molar-refractivity contribution in [3.8, 4) is 0 Å². The molecule has 0 aliphatic heterocycles. The van der Waals surface area contributed by atoms with Gasteiger partial charge in [-0.2, -0.15) is 0 Å². The van der Waals surface area contributed by atoms with Crippen molar-refractivity contribution in [1.82, 2.24) is 5.32 Å². The monoisotopic (exact) mass is 294 g/mol. The molecule has 0 bridgehead atoms. The fourth-order valence-electron chi connectivity index (χ4n) is 1.64. The van der Waals surface area contributed by atoms with Crippen molar-refractivity contribution in [3.63, 3.8) is 0 Å². The van der Waals surface area contributed by atoms with Crippen LogP contribution in [0.1, 0.15) is 41.0 Å². The number of hydrogen-bond donors (Lipinski definition) is 4. The number of carboxylic acid groups (broad SMARTS) is 2. The first kappa shape index (κ1) is 16.6. The number of carbonyl (C=O) groups excluding carboxylic acids is 1. The number of amides is 1. The Morgan fingerprint density at radius 1 is 1.05 bits per heavy atom. The second-order valence-corrected chi connectivity index (χ2v) is 4.82. The topological polar surface area (TPSA) is 116 Å². The number of rotatable bonds is 7. The van der Waals surface area contributed by atoms with Crippen LogP contribution in [0.3, 0.4) is 0 Å². The molecular weight excluding hydrogens is 276 g/mol. The van der Waals surface area contributed by atoms with E-state index in [1.165, 1.54) is 12.1 Å². The summed E-state index contributed by atoms with van der Waals surface area (Å²) in [6.45, 7) is 4.38.